The van der Waals surface area contributed by atoms with Crippen molar-refractivity contribution in [3.63, 3.8) is 0 Å². The summed E-state index contributed by atoms with van der Waals surface area (Å²) in [7, 11) is 2.14. The fourth-order valence-electron chi connectivity index (χ4n) is 2.37. The second kappa shape index (κ2) is 5.41. The lowest BCUT2D eigenvalue weighted by atomic mass is 10.2. The van der Waals surface area contributed by atoms with Crippen LogP contribution in [0.2, 0.25) is 0 Å². The van der Waals surface area contributed by atoms with Gasteiger partial charge in [-0.1, -0.05) is 37.7 Å². The molecule has 0 aliphatic carbocycles. The Morgan fingerprint density at radius 1 is 1.05 bits per heavy atom. The third kappa shape index (κ3) is 2.50. The molecule has 0 fully saturated rings. The molecular formula is C17H20N2S. The standard InChI is InChI=1S/C17H20N2S/c1-12(2)11-18-13-8-9-17-15(10-13)19(3)14-6-4-5-7-16(14)20-17/h4-10,12,18H,11H2,1-3H3. The molecule has 104 valence electrons. The molecule has 0 spiro atoms. The van der Waals surface area contributed by atoms with E-state index in [1.807, 2.05) is 11.8 Å². The zero-order valence-electron chi connectivity index (χ0n) is 12.2. The topological polar surface area (TPSA) is 15.3 Å². The average molecular weight is 284 g/mol. The van der Waals surface area contributed by atoms with Crippen molar-refractivity contribution < 1.29 is 0 Å². The molecule has 20 heavy (non-hydrogen) atoms. The molecule has 3 heteroatoms. The number of fused-ring (bicyclic) bond motifs is 2. The van der Waals surface area contributed by atoms with E-state index >= 15 is 0 Å². The Kier molecular flexibility index (Phi) is 3.62. The number of hydrogen-bond acceptors (Lipinski definition) is 3. The van der Waals surface area contributed by atoms with Crippen LogP contribution in [0.15, 0.2) is 52.3 Å². The van der Waals surface area contributed by atoms with Crippen molar-refractivity contribution in [1.82, 2.24) is 0 Å². The number of nitrogens with zero attached hydrogens (tertiary/aromatic N) is 1. The lowest BCUT2D eigenvalue weighted by molar-refractivity contribution is 0.689. The molecule has 0 radical (unpaired) electrons. The number of nitrogens with one attached hydrogen (secondary N) is 1. The van der Waals surface area contributed by atoms with Gasteiger partial charge in [0.2, 0.25) is 0 Å². The zero-order chi connectivity index (χ0) is 14.1. The van der Waals surface area contributed by atoms with Gasteiger partial charge in [-0.2, -0.15) is 0 Å². The first kappa shape index (κ1) is 13.4. The van der Waals surface area contributed by atoms with E-state index in [1.165, 1.54) is 26.9 Å². The predicted octanol–water partition coefficient (Wildman–Crippen LogP) is 4.99. The maximum atomic E-state index is 3.50. The van der Waals surface area contributed by atoms with Crippen LogP contribution in [0.4, 0.5) is 17.1 Å². The summed E-state index contributed by atoms with van der Waals surface area (Å²) in [5.41, 5.74) is 3.76. The summed E-state index contributed by atoms with van der Waals surface area (Å²) in [4.78, 5) is 4.92. The fraction of sp³-hybridized carbons (Fsp3) is 0.294. The number of benzene rings is 2. The highest BCUT2D eigenvalue weighted by molar-refractivity contribution is 7.99. The summed E-state index contributed by atoms with van der Waals surface area (Å²) < 4.78 is 0. The van der Waals surface area contributed by atoms with Gasteiger partial charge in [0, 0.05) is 29.1 Å². The van der Waals surface area contributed by atoms with Crippen LogP contribution in [0.25, 0.3) is 0 Å². The molecule has 0 atom stereocenters. The van der Waals surface area contributed by atoms with Crippen LogP contribution in [-0.2, 0) is 0 Å². The normalized spacial score (nSPS) is 13.1. The van der Waals surface area contributed by atoms with Crippen LogP contribution in [0, 0.1) is 5.92 Å². The SMILES string of the molecule is CC(C)CNc1ccc2c(c1)N(C)c1ccccc1S2. The smallest absolute Gasteiger partial charge is 0.0570 e. The Hall–Kier alpha value is -1.61. The molecule has 2 nitrogen and oxygen atoms in total. The lowest BCUT2D eigenvalue weighted by Crippen LogP contribution is -2.15. The van der Waals surface area contributed by atoms with E-state index in [-0.39, 0.29) is 0 Å². The first-order valence-electron chi connectivity index (χ1n) is 7.03. The minimum atomic E-state index is 0.652. The minimum absolute atomic E-state index is 0.652. The summed E-state index contributed by atoms with van der Waals surface area (Å²) in [6, 6.07) is 15.2. The maximum Gasteiger partial charge on any atom is 0.0570 e. The Balaban J connectivity index is 1.91. The monoisotopic (exact) mass is 284 g/mol. The van der Waals surface area contributed by atoms with Gasteiger partial charge in [0.05, 0.1) is 11.4 Å². The average Bonchev–Trinajstić information content (AvgIpc) is 2.46. The van der Waals surface area contributed by atoms with Gasteiger partial charge >= 0.3 is 0 Å². The van der Waals surface area contributed by atoms with Crippen LogP contribution in [0.1, 0.15) is 13.8 Å². The Morgan fingerprint density at radius 3 is 2.60 bits per heavy atom. The van der Waals surface area contributed by atoms with Gasteiger partial charge in [-0.3, -0.25) is 0 Å². The van der Waals surface area contributed by atoms with Crippen molar-refractivity contribution in [3.05, 3.63) is 42.5 Å². The van der Waals surface area contributed by atoms with Crippen LogP contribution < -0.4 is 10.2 Å². The molecule has 3 rings (SSSR count). The van der Waals surface area contributed by atoms with Crippen molar-refractivity contribution in [2.24, 2.45) is 5.92 Å². The predicted molar refractivity (Wildman–Crippen MR) is 88.4 cm³/mol. The van der Waals surface area contributed by atoms with Gasteiger partial charge in [0.15, 0.2) is 0 Å². The van der Waals surface area contributed by atoms with E-state index in [9.17, 15) is 0 Å². The summed E-state index contributed by atoms with van der Waals surface area (Å²) >= 11 is 1.85. The van der Waals surface area contributed by atoms with Crippen LogP contribution in [0.3, 0.4) is 0 Å². The first-order valence-corrected chi connectivity index (χ1v) is 7.85. The Bertz CT molecular complexity index is 622. The highest BCUT2D eigenvalue weighted by atomic mass is 32.2. The van der Waals surface area contributed by atoms with Crippen LogP contribution in [-0.4, -0.2) is 13.6 Å². The molecule has 0 bridgehead atoms. The largest absolute Gasteiger partial charge is 0.385 e. The van der Waals surface area contributed by atoms with Crippen molar-refractivity contribution >= 4 is 28.8 Å². The van der Waals surface area contributed by atoms with Crippen molar-refractivity contribution in [3.8, 4) is 0 Å². The number of hydrogen-bond donors (Lipinski definition) is 1. The molecule has 0 saturated carbocycles. The number of rotatable bonds is 3. The molecule has 0 unspecified atom stereocenters. The molecule has 2 aromatic rings. The van der Waals surface area contributed by atoms with E-state index in [0.29, 0.717) is 5.92 Å². The number of anilines is 3. The van der Waals surface area contributed by atoms with Gasteiger partial charge in [-0.15, -0.1) is 0 Å². The lowest BCUT2D eigenvalue weighted by Gasteiger charge is -2.29. The molecule has 1 aliphatic heterocycles. The summed E-state index contributed by atoms with van der Waals surface area (Å²) in [6.45, 7) is 5.46. The minimum Gasteiger partial charge on any atom is -0.385 e. The molecular weight excluding hydrogens is 264 g/mol. The summed E-state index contributed by atoms with van der Waals surface area (Å²) in [5, 5.41) is 3.50. The first-order chi connectivity index (χ1) is 9.65. The van der Waals surface area contributed by atoms with Crippen molar-refractivity contribution in [2.75, 3.05) is 23.8 Å². The van der Waals surface area contributed by atoms with Crippen molar-refractivity contribution in [1.29, 1.82) is 0 Å². The van der Waals surface area contributed by atoms with E-state index < -0.39 is 0 Å². The van der Waals surface area contributed by atoms with Gasteiger partial charge < -0.3 is 10.2 Å². The molecule has 1 N–H and O–H groups in total. The quantitative estimate of drug-likeness (QED) is 0.855. The second-order valence-corrected chi connectivity index (χ2v) is 6.67. The van der Waals surface area contributed by atoms with Crippen LogP contribution in [0.5, 0.6) is 0 Å². The summed E-state index contributed by atoms with van der Waals surface area (Å²) in [6.07, 6.45) is 0. The van der Waals surface area contributed by atoms with Gasteiger partial charge in [0.1, 0.15) is 0 Å². The highest BCUT2D eigenvalue weighted by Crippen LogP contribution is 2.47. The molecule has 1 aliphatic rings. The second-order valence-electron chi connectivity index (χ2n) is 5.59. The van der Waals surface area contributed by atoms with Crippen LogP contribution >= 0.6 is 11.8 Å². The van der Waals surface area contributed by atoms with E-state index in [0.717, 1.165) is 6.54 Å². The molecule has 1 heterocycles. The van der Waals surface area contributed by atoms with Gasteiger partial charge in [0.25, 0.3) is 0 Å². The maximum absolute atomic E-state index is 3.50. The Morgan fingerprint density at radius 2 is 1.80 bits per heavy atom. The highest BCUT2D eigenvalue weighted by Gasteiger charge is 2.20. The van der Waals surface area contributed by atoms with Gasteiger partial charge in [-0.05, 0) is 36.2 Å². The Labute approximate surface area is 125 Å². The third-order valence-corrected chi connectivity index (χ3v) is 4.61. The fourth-order valence-corrected chi connectivity index (χ4v) is 3.50. The molecule has 0 aromatic heterocycles. The van der Waals surface area contributed by atoms with Crippen molar-refractivity contribution in [2.45, 2.75) is 23.6 Å². The molecule has 0 saturated heterocycles. The van der Waals surface area contributed by atoms with E-state index in [2.05, 4.69) is 73.6 Å². The third-order valence-electron chi connectivity index (χ3n) is 3.48. The molecule has 0 amide bonds. The van der Waals surface area contributed by atoms with E-state index in [1.54, 1.807) is 0 Å². The molecule has 2 aromatic carbocycles. The van der Waals surface area contributed by atoms with Gasteiger partial charge in [-0.25, -0.2) is 0 Å². The number of para-hydroxylation sites is 1. The summed E-state index contributed by atoms with van der Waals surface area (Å²) in [5.74, 6) is 0.652. The zero-order valence-corrected chi connectivity index (χ0v) is 13.0. The van der Waals surface area contributed by atoms with E-state index in [4.69, 9.17) is 0 Å².